The molecule has 2 heterocycles. The van der Waals surface area contributed by atoms with Crippen molar-refractivity contribution in [3.8, 4) is 0 Å². The van der Waals surface area contributed by atoms with Crippen LogP contribution in [0.2, 0.25) is 0 Å². The summed E-state index contributed by atoms with van der Waals surface area (Å²) in [5, 5.41) is 10.5. The van der Waals surface area contributed by atoms with E-state index in [9.17, 15) is 5.11 Å². The van der Waals surface area contributed by atoms with Gasteiger partial charge < -0.3 is 14.7 Å². The van der Waals surface area contributed by atoms with Crippen LogP contribution in [0, 0.1) is 5.92 Å². The zero-order chi connectivity index (χ0) is 10.0. The highest BCUT2D eigenvalue weighted by atomic mass is 16.5. The lowest BCUT2D eigenvalue weighted by molar-refractivity contribution is -0.0955. The van der Waals surface area contributed by atoms with E-state index in [0.717, 1.165) is 52.0 Å². The quantitative estimate of drug-likeness (QED) is 0.680. The largest absolute Gasteiger partial charge is 0.389 e. The zero-order valence-corrected chi connectivity index (χ0v) is 9.04. The van der Waals surface area contributed by atoms with E-state index >= 15 is 0 Å². The molecule has 0 aliphatic carbocycles. The van der Waals surface area contributed by atoms with Crippen molar-refractivity contribution in [1.82, 2.24) is 4.90 Å². The second-order valence-corrected chi connectivity index (χ2v) is 4.79. The number of hydrogen-bond acceptors (Lipinski definition) is 3. The average Bonchev–Trinajstić information content (AvgIpc) is 2.24. The number of piperidine rings is 1. The van der Waals surface area contributed by atoms with Gasteiger partial charge in [-0.05, 0) is 38.6 Å². The van der Waals surface area contributed by atoms with Gasteiger partial charge in [0, 0.05) is 26.3 Å². The molecule has 3 heteroatoms. The first-order chi connectivity index (χ1) is 6.71. The molecule has 0 atom stereocenters. The van der Waals surface area contributed by atoms with Crippen LogP contribution in [0.4, 0.5) is 0 Å². The Kier molecular flexibility index (Phi) is 3.10. The Bertz CT molecular complexity index is 182. The number of nitrogens with zero attached hydrogens (tertiary/aromatic N) is 1. The lowest BCUT2D eigenvalue weighted by Crippen LogP contribution is -2.49. The van der Waals surface area contributed by atoms with Gasteiger partial charge >= 0.3 is 0 Å². The van der Waals surface area contributed by atoms with E-state index in [4.69, 9.17) is 4.74 Å². The Morgan fingerprint density at radius 3 is 2.36 bits per heavy atom. The van der Waals surface area contributed by atoms with E-state index in [1.807, 2.05) is 0 Å². The summed E-state index contributed by atoms with van der Waals surface area (Å²) in [7, 11) is 2.13. The molecule has 14 heavy (non-hydrogen) atoms. The maximum Gasteiger partial charge on any atom is 0.0701 e. The normalized spacial score (nSPS) is 30.4. The van der Waals surface area contributed by atoms with Crippen molar-refractivity contribution in [3.05, 3.63) is 0 Å². The fourth-order valence-corrected chi connectivity index (χ4v) is 2.65. The molecule has 3 nitrogen and oxygen atoms in total. The van der Waals surface area contributed by atoms with Gasteiger partial charge in [-0.2, -0.15) is 0 Å². The molecular weight excluding hydrogens is 178 g/mol. The maximum absolute atomic E-state index is 10.5. The molecule has 0 bridgehead atoms. The number of ether oxygens (including phenoxy) is 1. The fourth-order valence-electron chi connectivity index (χ4n) is 2.65. The number of likely N-dealkylation sites (tertiary alicyclic amines) is 1. The van der Waals surface area contributed by atoms with Crippen molar-refractivity contribution in [2.75, 3.05) is 33.4 Å². The molecule has 0 amide bonds. The van der Waals surface area contributed by atoms with E-state index in [0.29, 0.717) is 5.92 Å². The summed E-state index contributed by atoms with van der Waals surface area (Å²) in [5.41, 5.74) is -0.393. The second kappa shape index (κ2) is 4.17. The van der Waals surface area contributed by atoms with Gasteiger partial charge in [-0.25, -0.2) is 0 Å². The van der Waals surface area contributed by atoms with Crippen LogP contribution in [0.25, 0.3) is 0 Å². The SMILES string of the molecule is CN1CCC(O)(C2CCOCC2)CC1. The lowest BCUT2D eigenvalue weighted by Gasteiger charge is -2.43. The summed E-state index contributed by atoms with van der Waals surface area (Å²) in [6.45, 7) is 3.74. The Balaban J connectivity index is 1.93. The third kappa shape index (κ3) is 2.10. The molecule has 0 spiro atoms. The molecule has 0 aromatic rings. The predicted molar refractivity (Wildman–Crippen MR) is 55.2 cm³/mol. The maximum atomic E-state index is 10.5. The summed E-state index contributed by atoms with van der Waals surface area (Å²) in [4.78, 5) is 2.30. The van der Waals surface area contributed by atoms with E-state index in [-0.39, 0.29) is 0 Å². The molecule has 2 aliphatic rings. The van der Waals surface area contributed by atoms with E-state index in [1.54, 1.807) is 0 Å². The predicted octanol–water partition coefficient (Wildman–Crippen LogP) is 0.870. The van der Waals surface area contributed by atoms with Gasteiger partial charge in [0.1, 0.15) is 0 Å². The number of aliphatic hydroxyl groups is 1. The topological polar surface area (TPSA) is 32.7 Å². The van der Waals surface area contributed by atoms with Gasteiger partial charge in [-0.1, -0.05) is 0 Å². The molecular formula is C11H21NO2. The summed E-state index contributed by atoms with van der Waals surface area (Å²) in [5.74, 6) is 0.477. The van der Waals surface area contributed by atoms with Crippen molar-refractivity contribution in [2.45, 2.75) is 31.3 Å². The van der Waals surface area contributed by atoms with Gasteiger partial charge in [-0.15, -0.1) is 0 Å². The third-order valence-corrected chi connectivity index (χ3v) is 3.83. The van der Waals surface area contributed by atoms with Crippen LogP contribution in [-0.4, -0.2) is 49.0 Å². The molecule has 0 aromatic heterocycles. The lowest BCUT2D eigenvalue weighted by atomic mass is 9.76. The summed E-state index contributed by atoms with van der Waals surface area (Å²) < 4.78 is 5.34. The smallest absolute Gasteiger partial charge is 0.0701 e. The monoisotopic (exact) mass is 199 g/mol. The van der Waals surface area contributed by atoms with E-state index in [1.165, 1.54) is 0 Å². The molecule has 2 aliphatic heterocycles. The van der Waals surface area contributed by atoms with Gasteiger partial charge in [0.15, 0.2) is 0 Å². The summed E-state index contributed by atoms with van der Waals surface area (Å²) in [6, 6.07) is 0. The van der Waals surface area contributed by atoms with Gasteiger partial charge in [0.25, 0.3) is 0 Å². The van der Waals surface area contributed by atoms with Crippen LogP contribution in [0.5, 0.6) is 0 Å². The Morgan fingerprint density at radius 2 is 1.79 bits per heavy atom. The minimum Gasteiger partial charge on any atom is -0.389 e. The average molecular weight is 199 g/mol. The Morgan fingerprint density at radius 1 is 1.21 bits per heavy atom. The zero-order valence-electron chi connectivity index (χ0n) is 9.04. The molecule has 0 saturated carbocycles. The Hall–Kier alpha value is -0.120. The van der Waals surface area contributed by atoms with Crippen LogP contribution in [-0.2, 0) is 4.74 Å². The van der Waals surface area contributed by atoms with Gasteiger partial charge in [0.2, 0.25) is 0 Å². The molecule has 0 radical (unpaired) electrons. The summed E-state index contributed by atoms with van der Waals surface area (Å²) >= 11 is 0. The van der Waals surface area contributed by atoms with Crippen LogP contribution < -0.4 is 0 Å². The van der Waals surface area contributed by atoms with Gasteiger partial charge in [0.05, 0.1) is 5.60 Å². The third-order valence-electron chi connectivity index (χ3n) is 3.83. The molecule has 1 N–H and O–H groups in total. The highest BCUT2D eigenvalue weighted by Gasteiger charge is 2.39. The van der Waals surface area contributed by atoms with E-state index in [2.05, 4.69) is 11.9 Å². The molecule has 2 saturated heterocycles. The molecule has 2 fully saturated rings. The highest BCUT2D eigenvalue weighted by Crippen LogP contribution is 2.35. The van der Waals surface area contributed by atoms with Crippen molar-refractivity contribution < 1.29 is 9.84 Å². The minimum atomic E-state index is -0.393. The molecule has 0 aromatic carbocycles. The van der Waals surface area contributed by atoms with Crippen molar-refractivity contribution in [3.63, 3.8) is 0 Å². The van der Waals surface area contributed by atoms with Gasteiger partial charge in [-0.3, -0.25) is 0 Å². The van der Waals surface area contributed by atoms with Crippen molar-refractivity contribution >= 4 is 0 Å². The fraction of sp³-hybridized carbons (Fsp3) is 1.00. The molecule has 2 rings (SSSR count). The molecule has 0 unspecified atom stereocenters. The Labute approximate surface area is 86.0 Å². The molecule has 82 valence electrons. The second-order valence-electron chi connectivity index (χ2n) is 4.79. The van der Waals surface area contributed by atoms with E-state index < -0.39 is 5.60 Å². The number of rotatable bonds is 1. The number of hydrogen-bond donors (Lipinski definition) is 1. The first-order valence-corrected chi connectivity index (χ1v) is 5.69. The minimum absolute atomic E-state index is 0.393. The van der Waals surface area contributed by atoms with Crippen LogP contribution >= 0.6 is 0 Å². The highest BCUT2D eigenvalue weighted by molar-refractivity contribution is 4.91. The first-order valence-electron chi connectivity index (χ1n) is 5.69. The van der Waals surface area contributed by atoms with Crippen molar-refractivity contribution in [1.29, 1.82) is 0 Å². The summed E-state index contributed by atoms with van der Waals surface area (Å²) in [6.07, 6.45) is 3.96. The standard InChI is InChI=1S/C11H21NO2/c1-12-6-4-11(13,5-7-12)10-2-8-14-9-3-10/h10,13H,2-9H2,1H3. The first kappa shape index (κ1) is 10.4. The van der Waals surface area contributed by atoms with Crippen LogP contribution in [0.1, 0.15) is 25.7 Å². The van der Waals surface area contributed by atoms with Crippen molar-refractivity contribution in [2.24, 2.45) is 5.92 Å². The van der Waals surface area contributed by atoms with Crippen LogP contribution in [0.15, 0.2) is 0 Å². The van der Waals surface area contributed by atoms with Crippen LogP contribution in [0.3, 0.4) is 0 Å².